The zero-order valence-corrected chi connectivity index (χ0v) is 15.1. The van der Waals surface area contributed by atoms with Crippen molar-refractivity contribution in [1.29, 1.82) is 0 Å². The molecule has 0 atom stereocenters. The fourth-order valence-electron chi connectivity index (χ4n) is 4.14. The van der Waals surface area contributed by atoms with Gasteiger partial charge in [-0.1, -0.05) is 30.3 Å². The number of rotatable bonds is 3. The Morgan fingerprint density at radius 2 is 1.80 bits per heavy atom. The van der Waals surface area contributed by atoms with Gasteiger partial charge in [-0.3, -0.25) is 4.79 Å². The van der Waals surface area contributed by atoms with E-state index in [-0.39, 0.29) is 11.3 Å². The lowest BCUT2D eigenvalue weighted by molar-refractivity contribution is -0.141. The largest absolute Gasteiger partial charge is 0.375 e. The van der Waals surface area contributed by atoms with Crippen molar-refractivity contribution in [2.45, 2.75) is 43.1 Å². The maximum absolute atomic E-state index is 12.8. The molecule has 0 spiro atoms. The molecule has 1 aromatic carbocycles. The van der Waals surface area contributed by atoms with Gasteiger partial charge in [0.2, 0.25) is 5.91 Å². The Morgan fingerprint density at radius 3 is 2.32 bits per heavy atom. The molecule has 1 saturated carbocycles. The monoisotopic (exact) mass is 356 g/mol. The molecule has 2 fully saturated rings. The van der Waals surface area contributed by atoms with Crippen molar-refractivity contribution in [2.24, 2.45) is 5.73 Å². The number of benzene rings is 1. The first kappa shape index (κ1) is 16.5. The number of hydrogen-bond donors (Lipinski definition) is 2. The highest BCUT2D eigenvalue weighted by Crippen LogP contribution is 2.43. The standard InChI is InChI=1S/C19H24N4OS/c20-17-22-15(13-25-17)18(14-5-2-1-3-6-14)9-11-23(12-10-18)16(24)19(21)7-4-8-19/h1-3,5-6,13H,4,7-12,21H2,(H2,20,22). The molecule has 132 valence electrons. The van der Waals surface area contributed by atoms with Gasteiger partial charge < -0.3 is 16.4 Å². The SMILES string of the molecule is Nc1nc(C2(c3ccccc3)CCN(C(=O)C3(N)CCC3)CC2)cs1. The van der Waals surface area contributed by atoms with Gasteiger partial charge in [-0.2, -0.15) is 0 Å². The third kappa shape index (κ3) is 2.73. The van der Waals surface area contributed by atoms with Crippen molar-refractivity contribution < 1.29 is 4.79 Å². The second-order valence-electron chi connectivity index (χ2n) is 7.32. The van der Waals surface area contributed by atoms with E-state index in [0.717, 1.165) is 37.8 Å². The molecule has 1 saturated heterocycles. The molecule has 1 aliphatic heterocycles. The second kappa shape index (κ2) is 6.11. The van der Waals surface area contributed by atoms with Crippen LogP contribution >= 0.6 is 11.3 Å². The fourth-order valence-corrected chi connectivity index (χ4v) is 4.80. The van der Waals surface area contributed by atoms with Crippen LogP contribution in [0.3, 0.4) is 0 Å². The predicted molar refractivity (Wildman–Crippen MR) is 100 cm³/mol. The molecule has 2 heterocycles. The number of carbonyl (C=O) groups is 1. The molecule has 2 aliphatic rings. The summed E-state index contributed by atoms with van der Waals surface area (Å²) in [5.74, 6) is 0.123. The molecule has 25 heavy (non-hydrogen) atoms. The molecule has 0 unspecified atom stereocenters. The average Bonchev–Trinajstić information content (AvgIpc) is 3.07. The smallest absolute Gasteiger partial charge is 0.242 e. The minimum Gasteiger partial charge on any atom is -0.375 e. The van der Waals surface area contributed by atoms with Gasteiger partial charge in [0.1, 0.15) is 0 Å². The first-order valence-corrected chi connectivity index (χ1v) is 9.77. The number of likely N-dealkylation sites (tertiary alicyclic amines) is 1. The zero-order valence-electron chi connectivity index (χ0n) is 14.3. The van der Waals surface area contributed by atoms with Gasteiger partial charge in [0.15, 0.2) is 5.13 Å². The number of aromatic nitrogens is 1. The van der Waals surface area contributed by atoms with Gasteiger partial charge in [-0.25, -0.2) is 4.98 Å². The molecule has 5 nitrogen and oxygen atoms in total. The summed E-state index contributed by atoms with van der Waals surface area (Å²) in [6.45, 7) is 1.42. The number of nitrogens with zero attached hydrogens (tertiary/aromatic N) is 2. The topological polar surface area (TPSA) is 85.2 Å². The van der Waals surface area contributed by atoms with Crippen LogP contribution in [0.25, 0.3) is 0 Å². The van der Waals surface area contributed by atoms with Crippen LogP contribution < -0.4 is 11.5 Å². The van der Waals surface area contributed by atoms with Crippen LogP contribution in [0.1, 0.15) is 43.4 Å². The molecule has 1 aromatic heterocycles. The summed E-state index contributed by atoms with van der Waals surface area (Å²) in [7, 11) is 0. The predicted octanol–water partition coefficient (Wildman–Crippen LogP) is 2.52. The van der Waals surface area contributed by atoms with Crippen molar-refractivity contribution in [3.05, 3.63) is 47.0 Å². The molecule has 0 radical (unpaired) electrons. The first-order valence-electron chi connectivity index (χ1n) is 8.89. The Labute approximate surface area is 152 Å². The summed E-state index contributed by atoms with van der Waals surface area (Å²) < 4.78 is 0. The normalized spacial score (nSPS) is 21.6. The van der Waals surface area contributed by atoms with Crippen molar-refractivity contribution in [3.8, 4) is 0 Å². The van der Waals surface area contributed by atoms with Gasteiger partial charge >= 0.3 is 0 Å². The summed E-state index contributed by atoms with van der Waals surface area (Å²) in [5.41, 5.74) is 13.6. The van der Waals surface area contributed by atoms with Crippen LogP contribution in [0.4, 0.5) is 5.13 Å². The number of thiazole rings is 1. The van der Waals surface area contributed by atoms with E-state index in [1.165, 1.54) is 16.9 Å². The lowest BCUT2D eigenvalue weighted by atomic mass is 9.70. The van der Waals surface area contributed by atoms with Crippen LogP contribution in [-0.4, -0.2) is 34.4 Å². The average molecular weight is 356 g/mol. The number of anilines is 1. The van der Waals surface area contributed by atoms with Crippen LogP contribution in [-0.2, 0) is 10.2 Å². The lowest BCUT2D eigenvalue weighted by Gasteiger charge is -2.46. The Kier molecular flexibility index (Phi) is 4.04. The molecule has 1 aliphatic carbocycles. The highest BCUT2D eigenvalue weighted by atomic mass is 32.1. The maximum Gasteiger partial charge on any atom is 0.242 e. The van der Waals surface area contributed by atoms with E-state index in [2.05, 4.69) is 34.6 Å². The van der Waals surface area contributed by atoms with E-state index in [9.17, 15) is 4.79 Å². The quantitative estimate of drug-likeness (QED) is 0.885. The van der Waals surface area contributed by atoms with Crippen molar-refractivity contribution in [2.75, 3.05) is 18.8 Å². The number of nitrogens with two attached hydrogens (primary N) is 2. The van der Waals surface area contributed by atoms with E-state index < -0.39 is 5.54 Å². The van der Waals surface area contributed by atoms with E-state index in [4.69, 9.17) is 11.5 Å². The van der Waals surface area contributed by atoms with Crippen LogP contribution in [0.5, 0.6) is 0 Å². The van der Waals surface area contributed by atoms with E-state index in [1.807, 2.05) is 11.0 Å². The third-order valence-electron chi connectivity index (χ3n) is 5.91. The van der Waals surface area contributed by atoms with E-state index >= 15 is 0 Å². The van der Waals surface area contributed by atoms with Gasteiger partial charge in [-0.05, 0) is 37.7 Å². The summed E-state index contributed by atoms with van der Waals surface area (Å²) >= 11 is 1.48. The Hall–Kier alpha value is -1.92. The highest BCUT2D eigenvalue weighted by molar-refractivity contribution is 7.13. The Bertz CT molecular complexity index is 761. The molecule has 4 rings (SSSR count). The third-order valence-corrected chi connectivity index (χ3v) is 6.59. The Morgan fingerprint density at radius 1 is 1.12 bits per heavy atom. The van der Waals surface area contributed by atoms with Crippen molar-refractivity contribution >= 4 is 22.4 Å². The molecule has 6 heteroatoms. The molecular weight excluding hydrogens is 332 g/mol. The highest BCUT2D eigenvalue weighted by Gasteiger charge is 2.46. The summed E-state index contributed by atoms with van der Waals surface area (Å²) in [6.07, 6.45) is 4.38. The minimum atomic E-state index is -0.613. The second-order valence-corrected chi connectivity index (χ2v) is 8.21. The van der Waals surface area contributed by atoms with E-state index in [0.29, 0.717) is 18.2 Å². The van der Waals surface area contributed by atoms with Crippen molar-refractivity contribution in [3.63, 3.8) is 0 Å². The maximum atomic E-state index is 12.8. The zero-order chi connectivity index (χ0) is 17.5. The lowest BCUT2D eigenvalue weighted by Crippen LogP contribution is -2.61. The molecule has 1 amide bonds. The Balaban J connectivity index is 1.61. The molecule has 2 aromatic rings. The minimum absolute atomic E-state index is 0.123. The molecule has 4 N–H and O–H groups in total. The number of piperidine rings is 1. The first-order chi connectivity index (χ1) is 12.0. The molecular formula is C19H24N4OS. The van der Waals surface area contributed by atoms with Gasteiger partial charge in [-0.15, -0.1) is 11.3 Å². The van der Waals surface area contributed by atoms with Gasteiger partial charge in [0.05, 0.1) is 11.2 Å². The van der Waals surface area contributed by atoms with Crippen LogP contribution in [0, 0.1) is 0 Å². The summed E-state index contributed by atoms with van der Waals surface area (Å²) in [5, 5.41) is 2.66. The van der Waals surface area contributed by atoms with Crippen LogP contribution in [0.2, 0.25) is 0 Å². The van der Waals surface area contributed by atoms with E-state index in [1.54, 1.807) is 0 Å². The van der Waals surface area contributed by atoms with Gasteiger partial charge in [0.25, 0.3) is 0 Å². The summed E-state index contributed by atoms with van der Waals surface area (Å²) in [6, 6.07) is 10.5. The molecule has 0 bridgehead atoms. The van der Waals surface area contributed by atoms with Crippen LogP contribution in [0.15, 0.2) is 35.7 Å². The van der Waals surface area contributed by atoms with Gasteiger partial charge in [0, 0.05) is 23.9 Å². The summed E-state index contributed by atoms with van der Waals surface area (Å²) in [4.78, 5) is 19.3. The number of amides is 1. The fraction of sp³-hybridized carbons (Fsp3) is 0.474. The van der Waals surface area contributed by atoms with Crippen molar-refractivity contribution in [1.82, 2.24) is 9.88 Å². The number of carbonyl (C=O) groups excluding carboxylic acids is 1. The number of hydrogen-bond acceptors (Lipinski definition) is 5. The number of nitrogen functional groups attached to an aromatic ring is 1.